The van der Waals surface area contributed by atoms with Gasteiger partial charge in [0.2, 0.25) is 0 Å². The summed E-state index contributed by atoms with van der Waals surface area (Å²) in [6, 6.07) is 19.4. The Balaban J connectivity index is 2.07. The molecule has 0 fully saturated rings. The minimum Gasteiger partial charge on any atom is -0.508 e. The van der Waals surface area contributed by atoms with E-state index in [1.807, 2.05) is 36.4 Å². The molecule has 0 aliphatic rings. The van der Waals surface area contributed by atoms with Gasteiger partial charge in [0.15, 0.2) is 0 Å². The van der Waals surface area contributed by atoms with Gasteiger partial charge in [-0.1, -0.05) is 36.4 Å². The Morgan fingerprint density at radius 2 is 1.48 bits per heavy atom. The molecule has 3 heteroatoms. The number of phenolic OH excluding ortho intramolecular Hbond substituents is 1. The number of benzene rings is 2. The molecular weight excluding hydrogens is 284 g/mol. The zero-order valence-corrected chi connectivity index (χ0v) is 12.7. The van der Waals surface area contributed by atoms with Crippen LogP contribution in [0.15, 0.2) is 73.1 Å². The van der Waals surface area contributed by atoms with Gasteiger partial charge in [-0.25, -0.2) is 0 Å². The molecule has 3 N–H and O–H groups in total. The molecule has 0 amide bonds. The maximum atomic E-state index is 9.52. The van der Waals surface area contributed by atoms with Crippen LogP contribution in [0.4, 0.5) is 0 Å². The third-order valence-corrected chi connectivity index (χ3v) is 3.70. The maximum absolute atomic E-state index is 9.52. The van der Waals surface area contributed by atoms with E-state index in [2.05, 4.69) is 23.2 Å². The molecule has 0 unspecified atom stereocenters. The van der Waals surface area contributed by atoms with E-state index in [-0.39, 0.29) is 5.75 Å². The molecule has 0 spiro atoms. The van der Waals surface area contributed by atoms with Crippen LogP contribution < -0.4 is 5.73 Å². The number of nitrogens with two attached hydrogens (primary N) is 1. The lowest BCUT2D eigenvalue weighted by atomic mass is 9.96. The lowest BCUT2D eigenvalue weighted by molar-refractivity contribution is 0.475. The number of pyridine rings is 1. The summed E-state index contributed by atoms with van der Waals surface area (Å²) < 4.78 is 0. The quantitative estimate of drug-likeness (QED) is 0.720. The van der Waals surface area contributed by atoms with E-state index in [1.54, 1.807) is 24.5 Å². The average Bonchev–Trinajstić information content (AvgIpc) is 2.62. The minimum atomic E-state index is 0.259. The number of phenols is 1. The first kappa shape index (κ1) is 15.0. The summed E-state index contributed by atoms with van der Waals surface area (Å²) in [5, 5.41) is 9.52. The molecule has 0 saturated carbocycles. The van der Waals surface area contributed by atoms with Crippen LogP contribution in [0.1, 0.15) is 22.3 Å². The molecule has 114 valence electrons. The first-order valence-electron chi connectivity index (χ1n) is 7.47. The average molecular weight is 302 g/mol. The van der Waals surface area contributed by atoms with E-state index >= 15 is 0 Å². The number of aromatic nitrogens is 1. The van der Waals surface area contributed by atoms with Crippen LogP contribution in [0.2, 0.25) is 0 Å². The van der Waals surface area contributed by atoms with E-state index in [9.17, 15) is 5.11 Å². The fourth-order valence-electron chi connectivity index (χ4n) is 2.42. The molecule has 3 rings (SSSR count). The Morgan fingerprint density at radius 1 is 0.870 bits per heavy atom. The van der Waals surface area contributed by atoms with Gasteiger partial charge < -0.3 is 10.8 Å². The highest BCUT2D eigenvalue weighted by Crippen LogP contribution is 2.27. The normalized spacial score (nSPS) is 11.4. The first-order chi connectivity index (χ1) is 11.3. The standard InChI is InChI=1S/C20H18N2O/c21-14-16-3-1-15(2-4-16)13-20(18-9-11-22-12-10-18)17-5-7-19(23)8-6-17/h1-13,23H,14,21H2/b20-13-. The molecule has 2 aromatic carbocycles. The van der Waals surface area contributed by atoms with Gasteiger partial charge in [0.05, 0.1) is 0 Å². The molecule has 0 aliphatic carbocycles. The molecule has 0 saturated heterocycles. The van der Waals surface area contributed by atoms with Crippen molar-refractivity contribution < 1.29 is 5.11 Å². The van der Waals surface area contributed by atoms with Crippen LogP contribution in [0.3, 0.4) is 0 Å². The van der Waals surface area contributed by atoms with Gasteiger partial charge in [-0.2, -0.15) is 0 Å². The van der Waals surface area contributed by atoms with Crippen LogP contribution in [-0.2, 0) is 6.54 Å². The summed E-state index contributed by atoms with van der Waals surface area (Å²) in [5.74, 6) is 0.259. The van der Waals surface area contributed by atoms with E-state index in [0.29, 0.717) is 6.54 Å². The molecule has 0 bridgehead atoms. The van der Waals surface area contributed by atoms with Crippen molar-refractivity contribution in [2.24, 2.45) is 5.73 Å². The van der Waals surface area contributed by atoms with Gasteiger partial charge in [-0.3, -0.25) is 4.98 Å². The van der Waals surface area contributed by atoms with Crippen molar-refractivity contribution in [2.75, 3.05) is 0 Å². The van der Waals surface area contributed by atoms with E-state index < -0.39 is 0 Å². The highest BCUT2D eigenvalue weighted by molar-refractivity contribution is 5.91. The van der Waals surface area contributed by atoms with Crippen molar-refractivity contribution in [1.29, 1.82) is 0 Å². The molecule has 0 atom stereocenters. The van der Waals surface area contributed by atoms with Gasteiger partial charge in [-0.15, -0.1) is 0 Å². The molecule has 1 heterocycles. The van der Waals surface area contributed by atoms with E-state index in [1.165, 1.54) is 0 Å². The molecule has 0 aliphatic heterocycles. The summed E-state index contributed by atoms with van der Waals surface area (Å²) in [6.07, 6.45) is 5.68. The molecule has 23 heavy (non-hydrogen) atoms. The van der Waals surface area contributed by atoms with Gasteiger partial charge >= 0.3 is 0 Å². The number of hydrogen-bond donors (Lipinski definition) is 2. The zero-order chi connectivity index (χ0) is 16.1. The molecule has 0 radical (unpaired) electrons. The molecule has 3 aromatic rings. The van der Waals surface area contributed by atoms with Crippen molar-refractivity contribution in [3.05, 3.63) is 95.3 Å². The van der Waals surface area contributed by atoms with Crippen LogP contribution >= 0.6 is 0 Å². The first-order valence-corrected chi connectivity index (χ1v) is 7.47. The molecule has 1 aromatic heterocycles. The Labute approximate surface area is 135 Å². The van der Waals surface area contributed by atoms with E-state index in [4.69, 9.17) is 5.73 Å². The third-order valence-electron chi connectivity index (χ3n) is 3.70. The topological polar surface area (TPSA) is 59.1 Å². The zero-order valence-electron chi connectivity index (χ0n) is 12.7. The summed E-state index contributed by atoms with van der Waals surface area (Å²) in [6.45, 7) is 0.541. The second-order valence-electron chi connectivity index (χ2n) is 5.29. The third kappa shape index (κ3) is 3.65. The van der Waals surface area contributed by atoms with Crippen LogP contribution in [0.5, 0.6) is 5.75 Å². The smallest absolute Gasteiger partial charge is 0.115 e. The Kier molecular flexibility index (Phi) is 4.50. The SMILES string of the molecule is NCc1ccc(/C=C(\c2ccncc2)c2ccc(O)cc2)cc1. The number of rotatable bonds is 4. The Bertz CT molecular complexity index is 791. The predicted molar refractivity (Wildman–Crippen MR) is 93.7 cm³/mol. The lowest BCUT2D eigenvalue weighted by Gasteiger charge is -2.09. The largest absolute Gasteiger partial charge is 0.508 e. The van der Waals surface area contributed by atoms with Crippen molar-refractivity contribution in [3.8, 4) is 5.75 Å². The second-order valence-corrected chi connectivity index (χ2v) is 5.29. The minimum absolute atomic E-state index is 0.259. The summed E-state index contributed by atoms with van der Waals surface area (Å²) in [5.41, 5.74) is 11.1. The lowest BCUT2D eigenvalue weighted by Crippen LogP contribution is -1.95. The monoisotopic (exact) mass is 302 g/mol. The van der Waals surface area contributed by atoms with Crippen molar-refractivity contribution in [3.63, 3.8) is 0 Å². The van der Waals surface area contributed by atoms with Gasteiger partial charge in [0, 0.05) is 18.9 Å². The Morgan fingerprint density at radius 3 is 2.09 bits per heavy atom. The number of nitrogens with zero attached hydrogens (tertiary/aromatic N) is 1. The number of aromatic hydroxyl groups is 1. The van der Waals surface area contributed by atoms with Crippen molar-refractivity contribution in [1.82, 2.24) is 4.98 Å². The molecule has 3 nitrogen and oxygen atoms in total. The van der Waals surface area contributed by atoms with Crippen molar-refractivity contribution in [2.45, 2.75) is 6.54 Å². The maximum Gasteiger partial charge on any atom is 0.115 e. The highest BCUT2D eigenvalue weighted by atomic mass is 16.3. The van der Waals surface area contributed by atoms with Crippen LogP contribution in [-0.4, -0.2) is 10.1 Å². The highest BCUT2D eigenvalue weighted by Gasteiger charge is 2.05. The van der Waals surface area contributed by atoms with Crippen molar-refractivity contribution >= 4 is 11.6 Å². The fourth-order valence-corrected chi connectivity index (χ4v) is 2.42. The van der Waals surface area contributed by atoms with Crippen LogP contribution in [0, 0.1) is 0 Å². The van der Waals surface area contributed by atoms with Gasteiger partial charge in [0.25, 0.3) is 0 Å². The molecular formula is C20H18N2O. The summed E-state index contributed by atoms with van der Waals surface area (Å²) >= 11 is 0. The fraction of sp³-hybridized carbons (Fsp3) is 0.0500. The Hall–Kier alpha value is -2.91. The van der Waals surface area contributed by atoms with Gasteiger partial charge in [-0.05, 0) is 58.2 Å². The number of hydrogen-bond acceptors (Lipinski definition) is 3. The van der Waals surface area contributed by atoms with E-state index in [0.717, 1.165) is 27.8 Å². The summed E-state index contributed by atoms with van der Waals surface area (Å²) in [4.78, 5) is 4.08. The summed E-state index contributed by atoms with van der Waals surface area (Å²) in [7, 11) is 0. The second kappa shape index (κ2) is 6.90. The van der Waals surface area contributed by atoms with Crippen LogP contribution in [0.25, 0.3) is 11.6 Å². The van der Waals surface area contributed by atoms with Gasteiger partial charge in [0.1, 0.15) is 5.75 Å². The predicted octanol–water partition coefficient (Wildman–Crippen LogP) is 3.83.